The van der Waals surface area contributed by atoms with E-state index in [9.17, 15) is 14.7 Å². The highest BCUT2D eigenvalue weighted by atomic mass is 32.1. The average molecular weight is 526 g/mol. The van der Waals surface area contributed by atoms with Gasteiger partial charge in [-0.25, -0.2) is 4.79 Å². The number of aliphatic carboxylic acids is 1. The normalized spacial score (nSPS) is 22.0. The molecule has 1 aliphatic heterocycles. The van der Waals surface area contributed by atoms with Crippen LogP contribution in [0.4, 0.5) is 0 Å². The minimum Gasteiger partial charge on any atom is -0.496 e. The Labute approximate surface area is 221 Å². The zero-order chi connectivity index (χ0) is 27.1. The van der Waals surface area contributed by atoms with Gasteiger partial charge >= 0.3 is 5.97 Å². The monoisotopic (exact) mass is 525 g/mol. The highest BCUT2D eigenvalue weighted by Crippen LogP contribution is 2.55. The van der Waals surface area contributed by atoms with Crippen molar-refractivity contribution < 1.29 is 24.0 Å². The highest BCUT2D eigenvalue weighted by Gasteiger charge is 2.60. The van der Waals surface area contributed by atoms with Gasteiger partial charge in [0.2, 0.25) is 5.89 Å². The highest BCUT2D eigenvalue weighted by molar-refractivity contribution is 7.10. The second kappa shape index (κ2) is 9.93. The van der Waals surface area contributed by atoms with Crippen LogP contribution in [0.2, 0.25) is 0 Å². The lowest BCUT2D eigenvalue weighted by Gasteiger charge is -2.39. The molecule has 37 heavy (non-hydrogen) atoms. The minimum atomic E-state index is -1.46. The van der Waals surface area contributed by atoms with Gasteiger partial charge in [-0.15, -0.1) is 11.3 Å². The molecule has 1 aliphatic rings. The molecule has 1 amide bonds. The van der Waals surface area contributed by atoms with Crippen LogP contribution in [0.25, 0.3) is 0 Å². The van der Waals surface area contributed by atoms with Gasteiger partial charge in [-0.05, 0) is 60.2 Å². The topological polar surface area (TPSA) is 106 Å². The van der Waals surface area contributed by atoms with Crippen molar-refractivity contribution in [3.8, 4) is 5.75 Å². The first-order valence-electron chi connectivity index (χ1n) is 12.5. The van der Waals surface area contributed by atoms with Gasteiger partial charge in [0.25, 0.3) is 5.91 Å². The summed E-state index contributed by atoms with van der Waals surface area (Å²) in [6.45, 7) is 11.9. The number of likely N-dealkylation sites (tertiary alicyclic amines) is 1. The summed E-state index contributed by atoms with van der Waals surface area (Å²) in [5, 5.41) is 16.6. The van der Waals surface area contributed by atoms with Crippen LogP contribution in [0.5, 0.6) is 5.75 Å². The van der Waals surface area contributed by atoms with E-state index in [0.717, 1.165) is 10.4 Å². The van der Waals surface area contributed by atoms with Crippen LogP contribution >= 0.6 is 11.3 Å². The number of thiophene rings is 1. The molecule has 0 unspecified atom stereocenters. The number of aryl methyl sites for hydroxylation is 1. The molecule has 3 heterocycles. The molecule has 2 aromatic heterocycles. The molecule has 0 saturated carbocycles. The molecule has 0 spiro atoms. The van der Waals surface area contributed by atoms with Gasteiger partial charge in [-0.2, -0.15) is 4.98 Å². The van der Waals surface area contributed by atoms with Crippen molar-refractivity contribution in [3.63, 3.8) is 0 Å². The fraction of sp³-hybridized carbons (Fsp3) is 0.500. The van der Waals surface area contributed by atoms with E-state index in [1.165, 1.54) is 11.3 Å². The van der Waals surface area contributed by atoms with Crippen LogP contribution in [-0.4, -0.2) is 44.7 Å². The molecule has 1 aromatic carbocycles. The molecule has 4 rings (SSSR count). The van der Waals surface area contributed by atoms with Gasteiger partial charge in [0.15, 0.2) is 5.82 Å². The average Bonchev–Trinajstić information content (AvgIpc) is 3.56. The van der Waals surface area contributed by atoms with E-state index in [1.807, 2.05) is 37.4 Å². The van der Waals surface area contributed by atoms with E-state index in [2.05, 4.69) is 30.9 Å². The molecule has 198 valence electrons. The molecule has 1 saturated heterocycles. The Morgan fingerprint density at radius 1 is 1.30 bits per heavy atom. The van der Waals surface area contributed by atoms with Crippen LogP contribution in [0, 0.1) is 12.8 Å². The number of aromatic nitrogens is 2. The number of amides is 1. The molecule has 3 atom stereocenters. The number of carbonyl (C=O) groups excluding carboxylic acids is 1. The molecule has 3 aromatic rings. The SMILES string of the molecule is COc1cc(C(=O)N2[C@@H](c3cccs3)[C@@H](c3nc(C)no3)C[C@@]2(CC(C)C)C(=O)O)ccc1C(C)(C)C. The maximum absolute atomic E-state index is 14.4. The summed E-state index contributed by atoms with van der Waals surface area (Å²) in [6, 6.07) is 8.65. The predicted molar refractivity (Wildman–Crippen MR) is 141 cm³/mol. The molecular formula is C28H35N3O5S. The molecule has 8 nitrogen and oxygen atoms in total. The van der Waals surface area contributed by atoms with Crippen LogP contribution in [0.3, 0.4) is 0 Å². The zero-order valence-electron chi connectivity index (χ0n) is 22.4. The quantitative estimate of drug-likeness (QED) is 0.404. The molecular weight excluding hydrogens is 490 g/mol. The summed E-state index contributed by atoms with van der Waals surface area (Å²) < 4.78 is 11.2. The van der Waals surface area contributed by atoms with E-state index in [1.54, 1.807) is 31.1 Å². The lowest BCUT2D eigenvalue weighted by atomic mass is 9.83. The third-order valence-electron chi connectivity index (χ3n) is 6.99. The molecule has 1 N–H and O–H groups in total. The van der Waals surface area contributed by atoms with Gasteiger partial charge in [-0.3, -0.25) is 4.79 Å². The summed E-state index contributed by atoms with van der Waals surface area (Å²) in [6.07, 6.45) is 0.463. The molecule has 0 bridgehead atoms. The van der Waals surface area contributed by atoms with Gasteiger partial charge in [0, 0.05) is 10.4 Å². The van der Waals surface area contributed by atoms with E-state index in [0.29, 0.717) is 23.0 Å². The molecule has 9 heteroatoms. The summed E-state index contributed by atoms with van der Waals surface area (Å²) >= 11 is 1.49. The third kappa shape index (κ3) is 4.89. The standard InChI is InChI=1S/C28H35N3O5S/c1-16(2)14-28(26(33)34)15-19(24-29-17(3)30-36-24)23(22-9-8-12-37-22)31(28)25(32)18-10-11-20(27(4,5)6)21(13-18)35-7/h8-13,16,19,23H,14-15H2,1-7H3,(H,33,34)/t19-,23+,28-/m0/s1. The van der Waals surface area contributed by atoms with Crippen LogP contribution in [-0.2, 0) is 10.2 Å². The second-order valence-electron chi connectivity index (χ2n) is 11.2. The Bertz CT molecular complexity index is 1280. The van der Waals surface area contributed by atoms with Gasteiger partial charge < -0.3 is 19.3 Å². The van der Waals surface area contributed by atoms with Gasteiger partial charge in [0.05, 0.1) is 19.1 Å². The Balaban J connectivity index is 1.92. The van der Waals surface area contributed by atoms with Crippen molar-refractivity contribution in [1.82, 2.24) is 15.0 Å². The Morgan fingerprint density at radius 3 is 2.54 bits per heavy atom. The van der Waals surface area contributed by atoms with Crippen LogP contribution in [0.15, 0.2) is 40.2 Å². The van der Waals surface area contributed by atoms with E-state index >= 15 is 0 Å². The maximum Gasteiger partial charge on any atom is 0.329 e. The molecule has 0 radical (unpaired) electrons. The maximum atomic E-state index is 14.4. The number of hydrogen-bond donors (Lipinski definition) is 1. The predicted octanol–water partition coefficient (Wildman–Crippen LogP) is 5.99. The zero-order valence-corrected chi connectivity index (χ0v) is 23.3. The number of hydrogen-bond acceptors (Lipinski definition) is 7. The first-order valence-corrected chi connectivity index (χ1v) is 13.4. The van der Waals surface area contributed by atoms with Crippen molar-refractivity contribution in [2.75, 3.05) is 7.11 Å². The number of nitrogens with zero attached hydrogens (tertiary/aromatic N) is 3. The minimum absolute atomic E-state index is 0.0244. The number of rotatable bonds is 7. The van der Waals surface area contributed by atoms with Crippen molar-refractivity contribution in [1.29, 1.82) is 0 Å². The van der Waals surface area contributed by atoms with Crippen molar-refractivity contribution in [3.05, 3.63) is 63.4 Å². The second-order valence-corrected chi connectivity index (χ2v) is 12.2. The summed E-state index contributed by atoms with van der Waals surface area (Å²) in [5.74, 6) is -0.421. The van der Waals surface area contributed by atoms with Gasteiger partial charge in [0.1, 0.15) is 11.3 Å². The van der Waals surface area contributed by atoms with Crippen LogP contribution in [0.1, 0.15) is 91.9 Å². The molecule has 0 aliphatic carbocycles. The smallest absolute Gasteiger partial charge is 0.329 e. The van der Waals surface area contributed by atoms with E-state index < -0.39 is 23.5 Å². The first-order chi connectivity index (χ1) is 17.4. The fourth-order valence-electron chi connectivity index (χ4n) is 5.53. The Morgan fingerprint density at radius 2 is 2.03 bits per heavy atom. The number of methoxy groups -OCH3 is 1. The Kier molecular flexibility index (Phi) is 7.21. The summed E-state index contributed by atoms with van der Waals surface area (Å²) in [7, 11) is 1.58. The lowest BCUT2D eigenvalue weighted by Crippen LogP contribution is -2.54. The first kappa shape index (κ1) is 26.9. The molecule has 1 fully saturated rings. The number of carboxylic acid groups (broad SMARTS) is 1. The number of carbonyl (C=O) groups is 2. The number of ether oxygens (including phenoxy) is 1. The van der Waals surface area contributed by atoms with Crippen molar-refractivity contribution in [2.45, 2.75) is 77.3 Å². The summed E-state index contributed by atoms with van der Waals surface area (Å²) in [4.78, 5) is 34.4. The van der Waals surface area contributed by atoms with E-state index in [4.69, 9.17) is 9.26 Å². The van der Waals surface area contributed by atoms with Crippen molar-refractivity contribution >= 4 is 23.2 Å². The van der Waals surface area contributed by atoms with E-state index in [-0.39, 0.29) is 30.1 Å². The Hall–Kier alpha value is -3.20. The van der Waals surface area contributed by atoms with Crippen molar-refractivity contribution in [2.24, 2.45) is 5.92 Å². The third-order valence-corrected chi connectivity index (χ3v) is 7.94. The lowest BCUT2D eigenvalue weighted by molar-refractivity contribution is -0.150. The summed E-state index contributed by atoms with van der Waals surface area (Å²) in [5.41, 5.74) is -0.302. The number of benzene rings is 1. The fourth-order valence-corrected chi connectivity index (χ4v) is 6.41. The van der Waals surface area contributed by atoms with Gasteiger partial charge in [-0.1, -0.05) is 51.9 Å². The van der Waals surface area contributed by atoms with Crippen LogP contribution < -0.4 is 4.74 Å². The largest absolute Gasteiger partial charge is 0.496 e. The number of carboxylic acids is 1.